The molecule has 2 N–H and O–H groups in total. The van der Waals surface area contributed by atoms with Gasteiger partial charge in [0.25, 0.3) is 0 Å². The van der Waals surface area contributed by atoms with E-state index in [1.807, 2.05) is 18.2 Å². The Kier molecular flexibility index (Phi) is 4.31. The number of likely N-dealkylation sites (tertiary alicyclic amines) is 1. The monoisotopic (exact) mass is 272 g/mol. The Balaban J connectivity index is 2.21. The van der Waals surface area contributed by atoms with Gasteiger partial charge in [0, 0.05) is 28.7 Å². The van der Waals surface area contributed by atoms with Crippen molar-refractivity contribution in [1.29, 1.82) is 0 Å². The van der Waals surface area contributed by atoms with E-state index in [4.69, 9.17) is 28.9 Å². The average molecular weight is 273 g/mol. The zero-order valence-electron chi connectivity index (χ0n) is 10.00. The standard InChI is InChI=1S/C13H18Cl2N2/c1-9(17-6-2-3-11(17)8-16)12-5-4-10(14)7-13(12)15/h4-5,7,9,11H,2-3,6,8,16H2,1H3. The van der Waals surface area contributed by atoms with Crippen molar-refractivity contribution in [3.05, 3.63) is 33.8 Å². The van der Waals surface area contributed by atoms with Crippen molar-refractivity contribution in [2.24, 2.45) is 5.73 Å². The van der Waals surface area contributed by atoms with E-state index >= 15 is 0 Å². The van der Waals surface area contributed by atoms with Crippen molar-refractivity contribution in [2.45, 2.75) is 31.8 Å². The summed E-state index contributed by atoms with van der Waals surface area (Å²) in [5, 5.41) is 1.43. The summed E-state index contributed by atoms with van der Waals surface area (Å²) in [6, 6.07) is 6.50. The number of hydrogen-bond donors (Lipinski definition) is 1. The molecule has 1 aromatic carbocycles. The van der Waals surface area contributed by atoms with Gasteiger partial charge in [0.15, 0.2) is 0 Å². The Morgan fingerprint density at radius 3 is 2.88 bits per heavy atom. The predicted octanol–water partition coefficient (Wildman–Crippen LogP) is 3.48. The number of hydrogen-bond acceptors (Lipinski definition) is 2. The fourth-order valence-corrected chi connectivity index (χ4v) is 3.21. The smallest absolute Gasteiger partial charge is 0.0468 e. The molecule has 2 atom stereocenters. The zero-order chi connectivity index (χ0) is 12.4. The Hall–Kier alpha value is -0.280. The van der Waals surface area contributed by atoms with E-state index in [1.54, 1.807) is 0 Å². The van der Waals surface area contributed by atoms with E-state index in [9.17, 15) is 0 Å². The highest BCUT2D eigenvalue weighted by molar-refractivity contribution is 6.35. The van der Waals surface area contributed by atoms with E-state index < -0.39 is 0 Å². The topological polar surface area (TPSA) is 29.3 Å². The Morgan fingerprint density at radius 1 is 1.47 bits per heavy atom. The van der Waals surface area contributed by atoms with Crippen molar-refractivity contribution in [3.63, 3.8) is 0 Å². The van der Waals surface area contributed by atoms with Crippen LogP contribution in [0, 0.1) is 0 Å². The van der Waals surface area contributed by atoms with Crippen LogP contribution in [-0.4, -0.2) is 24.0 Å². The van der Waals surface area contributed by atoms with Crippen LogP contribution in [0.5, 0.6) is 0 Å². The molecule has 0 radical (unpaired) electrons. The molecular weight excluding hydrogens is 255 g/mol. The summed E-state index contributed by atoms with van der Waals surface area (Å²) in [6.07, 6.45) is 2.41. The molecule has 4 heteroatoms. The van der Waals surface area contributed by atoms with Crippen molar-refractivity contribution >= 4 is 23.2 Å². The van der Waals surface area contributed by atoms with Crippen LogP contribution in [0.25, 0.3) is 0 Å². The molecule has 0 bridgehead atoms. The Morgan fingerprint density at radius 2 is 2.24 bits per heavy atom. The molecule has 1 saturated heterocycles. The lowest BCUT2D eigenvalue weighted by molar-refractivity contribution is 0.197. The largest absolute Gasteiger partial charge is 0.329 e. The maximum atomic E-state index is 6.25. The minimum Gasteiger partial charge on any atom is -0.329 e. The predicted molar refractivity (Wildman–Crippen MR) is 73.7 cm³/mol. The molecule has 1 heterocycles. The van der Waals surface area contributed by atoms with Crippen LogP contribution in [-0.2, 0) is 0 Å². The molecule has 1 aromatic rings. The van der Waals surface area contributed by atoms with Gasteiger partial charge in [-0.15, -0.1) is 0 Å². The van der Waals surface area contributed by atoms with Gasteiger partial charge in [0.1, 0.15) is 0 Å². The van der Waals surface area contributed by atoms with Crippen LogP contribution in [0.1, 0.15) is 31.4 Å². The lowest BCUT2D eigenvalue weighted by Gasteiger charge is -2.30. The summed E-state index contributed by atoms with van der Waals surface area (Å²) in [5.74, 6) is 0. The highest BCUT2D eigenvalue weighted by atomic mass is 35.5. The summed E-state index contributed by atoms with van der Waals surface area (Å²) < 4.78 is 0. The first-order chi connectivity index (χ1) is 8.13. The molecule has 2 nitrogen and oxygen atoms in total. The highest BCUT2D eigenvalue weighted by Gasteiger charge is 2.28. The molecule has 1 aliphatic heterocycles. The van der Waals surface area contributed by atoms with E-state index in [1.165, 1.54) is 12.8 Å². The summed E-state index contributed by atoms with van der Waals surface area (Å²) in [7, 11) is 0. The van der Waals surface area contributed by atoms with Crippen molar-refractivity contribution in [2.75, 3.05) is 13.1 Å². The summed E-state index contributed by atoms with van der Waals surface area (Å²) in [4.78, 5) is 2.44. The van der Waals surface area contributed by atoms with E-state index in [0.717, 1.165) is 23.7 Å². The van der Waals surface area contributed by atoms with Crippen molar-refractivity contribution in [3.8, 4) is 0 Å². The average Bonchev–Trinajstić information content (AvgIpc) is 2.76. The molecule has 0 spiro atoms. The highest BCUT2D eigenvalue weighted by Crippen LogP contribution is 2.33. The molecule has 94 valence electrons. The summed E-state index contributed by atoms with van der Waals surface area (Å²) in [6.45, 7) is 4.00. The molecule has 2 unspecified atom stereocenters. The van der Waals surface area contributed by atoms with Crippen LogP contribution in [0.2, 0.25) is 10.0 Å². The molecule has 0 aliphatic carbocycles. The molecular formula is C13H18Cl2N2. The third kappa shape index (κ3) is 2.76. The normalized spacial score (nSPS) is 22.9. The minimum atomic E-state index is 0.302. The molecule has 17 heavy (non-hydrogen) atoms. The number of rotatable bonds is 3. The van der Waals surface area contributed by atoms with E-state index in [0.29, 0.717) is 17.1 Å². The molecule has 0 amide bonds. The van der Waals surface area contributed by atoms with Gasteiger partial charge in [0.05, 0.1) is 0 Å². The number of halogens is 2. The SMILES string of the molecule is CC(c1ccc(Cl)cc1Cl)N1CCCC1CN. The lowest BCUT2D eigenvalue weighted by atomic mass is 10.1. The van der Waals surface area contributed by atoms with Gasteiger partial charge in [0.2, 0.25) is 0 Å². The summed E-state index contributed by atoms with van der Waals surface area (Å²) >= 11 is 12.2. The van der Waals surface area contributed by atoms with Gasteiger partial charge in [-0.1, -0.05) is 29.3 Å². The summed E-state index contributed by atoms with van der Waals surface area (Å²) in [5.41, 5.74) is 6.94. The second-order valence-corrected chi connectivity index (χ2v) is 5.46. The fourth-order valence-electron chi connectivity index (χ4n) is 2.64. The van der Waals surface area contributed by atoms with Gasteiger partial charge in [-0.05, 0) is 44.0 Å². The third-order valence-corrected chi connectivity index (χ3v) is 4.17. The van der Waals surface area contributed by atoms with Gasteiger partial charge < -0.3 is 5.73 Å². The lowest BCUT2D eigenvalue weighted by Crippen LogP contribution is -2.37. The zero-order valence-corrected chi connectivity index (χ0v) is 11.5. The van der Waals surface area contributed by atoms with Gasteiger partial charge in [-0.2, -0.15) is 0 Å². The first-order valence-electron chi connectivity index (χ1n) is 6.04. The second-order valence-electron chi connectivity index (χ2n) is 4.61. The van der Waals surface area contributed by atoms with E-state index in [2.05, 4.69) is 11.8 Å². The molecule has 2 rings (SSSR count). The minimum absolute atomic E-state index is 0.302. The molecule has 0 aromatic heterocycles. The molecule has 0 saturated carbocycles. The van der Waals surface area contributed by atoms with Crippen LogP contribution >= 0.6 is 23.2 Å². The number of nitrogens with two attached hydrogens (primary N) is 1. The Labute approximate surface area is 113 Å². The Bertz CT molecular complexity index is 395. The van der Waals surface area contributed by atoms with Crippen LogP contribution in [0.4, 0.5) is 0 Å². The van der Waals surface area contributed by atoms with Crippen LogP contribution in [0.3, 0.4) is 0 Å². The van der Waals surface area contributed by atoms with Crippen LogP contribution < -0.4 is 5.73 Å². The number of benzene rings is 1. The van der Waals surface area contributed by atoms with Crippen molar-refractivity contribution in [1.82, 2.24) is 4.90 Å². The maximum Gasteiger partial charge on any atom is 0.0468 e. The third-order valence-electron chi connectivity index (χ3n) is 3.60. The maximum absolute atomic E-state index is 6.25. The van der Waals surface area contributed by atoms with E-state index in [-0.39, 0.29) is 0 Å². The first-order valence-corrected chi connectivity index (χ1v) is 6.80. The second kappa shape index (κ2) is 5.57. The first kappa shape index (κ1) is 13.2. The molecule has 1 fully saturated rings. The van der Waals surface area contributed by atoms with Crippen LogP contribution in [0.15, 0.2) is 18.2 Å². The molecule has 1 aliphatic rings. The van der Waals surface area contributed by atoms with Gasteiger partial charge in [-0.3, -0.25) is 4.90 Å². The van der Waals surface area contributed by atoms with Gasteiger partial charge in [-0.25, -0.2) is 0 Å². The number of nitrogens with zero attached hydrogens (tertiary/aromatic N) is 1. The van der Waals surface area contributed by atoms with Crippen molar-refractivity contribution < 1.29 is 0 Å². The quantitative estimate of drug-likeness (QED) is 0.913. The van der Waals surface area contributed by atoms with Gasteiger partial charge >= 0.3 is 0 Å². The fraction of sp³-hybridized carbons (Fsp3) is 0.538.